The molecule has 0 unspecified atom stereocenters. The maximum Gasteiger partial charge on any atom is 0.251 e. The van der Waals surface area contributed by atoms with E-state index in [1.54, 1.807) is 42.5 Å². The van der Waals surface area contributed by atoms with Gasteiger partial charge in [-0.1, -0.05) is 36.2 Å². The topological polar surface area (TPSA) is 66.5 Å². The summed E-state index contributed by atoms with van der Waals surface area (Å²) in [7, 11) is -3.52. The lowest BCUT2D eigenvalue weighted by Crippen LogP contribution is -2.38. The number of anilines is 1. The van der Waals surface area contributed by atoms with E-state index in [2.05, 4.69) is 5.32 Å². The second kappa shape index (κ2) is 8.00. The molecule has 0 spiro atoms. The fourth-order valence-corrected chi connectivity index (χ4v) is 5.71. The molecule has 154 valence electrons. The Hall–Kier alpha value is -2.05. The predicted octanol–water partition coefficient (Wildman–Crippen LogP) is 4.22. The van der Waals surface area contributed by atoms with Crippen molar-refractivity contribution in [2.75, 3.05) is 10.6 Å². The van der Waals surface area contributed by atoms with E-state index in [9.17, 15) is 13.2 Å². The molecule has 0 radical (unpaired) electrons. The number of hydrogen-bond donors (Lipinski definition) is 1. The molecule has 2 bridgehead atoms. The maximum absolute atomic E-state index is 12.6. The summed E-state index contributed by atoms with van der Waals surface area (Å²) in [6, 6.07) is 14.2. The predicted molar refractivity (Wildman–Crippen MR) is 116 cm³/mol. The highest BCUT2D eigenvalue weighted by atomic mass is 35.5. The first kappa shape index (κ1) is 20.2. The van der Waals surface area contributed by atoms with E-state index in [-0.39, 0.29) is 18.5 Å². The molecule has 5 nitrogen and oxygen atoms in total. The van der Waals surface area contributed by atoms with Crippen molar-refractivity contribution in [3.8, 4) is 0 Å². The molecule has 7 heteroatoms. The molecular weight excluding hydrogens is 408 g/mol. The van der Waals surface area contributed by atoms with Gasteiger partial charge in [-0.15, -0.1) is 0 Å². The average Bonchev–Trinajstić information content (AvgIpc) is 3.30. The Balaban J connectivity index is 1.50. The van der Waals surface area contributed by atoms with Gasteiger partial charge >= 0.3 is 0 Å². The first-order valence-electron chi connectivity index (χ1n) is 9.93. The zero-order valence-electron chi connectivity index (χ0n) is 16.3. The number of rotatable bonds is 6. The number of nitrogens with zero attached hydrogens (tertiary/aromatic N) is 1. The van der Waals surface area contributed by atoms with Gasteiger partial charge in [0.1, 0.15) is 0 Å². The molecule has 2 aliphatic rings. The summed E-state index contributed by atoms with van der Waals surface area (Å²) in [6.07, 6.45) is 5.97. The molecule has 0 aliphatic heterocycles. The van der Waals surface area contributed by atoms with E-state index < -0.39 is 10.0 Å². The van der Waals surface area contributed by atoms with Crippen LogP contribution in [-0.2, 0) is 16.6 Å². The van der Waals surface area contributed by atoms with Crippen LogP contribution in [0.1, 0.15) is 41.6 Å². The summed E-state index contributed by atoms with van der Waals surface area (Å²) < 4.78 is 26.0. The summed E-state index contributed by atoms with van der Waals surface area (Å²) in [6.45, 7) is 0.134. The van der Waals surface area contributed by atoms with Gasteiger partial charge in [-0.3, -0.25) is 9.10 Å². The highest BCUT2D eigenvalue weighted by Gasteiger charge is 2.40. The molecule has 2 aromatic rings. The Bertz CT molecular complexity index is 1010. The number of carbonyl (C=O) groups is 1. The van der Waals surface area contributed by atoms with E-state index in [4.69, 9.17) is 11.6 Å². The third-order valence-corrected chi connectivity index (χ3v) is 7.65. The van der Waals surface area contributed by atoms with Crippen molar-refractivity contribution in [3.63, 3.8) is 0 Å². The highest BCUT2D eigenvalue weighted by Crippen LogP contribution is 2.44. The van der Waals surface area contributed by atoms with Crippen molar-refractivity contribution in [3.05, 3.63) is 64.7 Å². The van der Waals surface area contributed by atoms with Gasteiger partial charge in [0, 0.05) is 16.6 Å². The molecule has 3 atom stereocenters. The van der Waals surface area contributed by atoms with Gasteiger partial charge in [0.2, 0.25) is 10.0 Å². The number of halogens is 1. The van der Waals surface area contributed by atoms with Crippen LogP contribution in [0.4, 0.5) is 5.69 Å². The zero-order valence-corrected chi connectivity index (χ0v) is 17.9. The largest absolute Gasteiger partial charge is 0.349 e. The second-order valence-electron chi connectivity index (χ2n) is 8.16. The molecule has 0 saturated heterocycles. The zero-order chi connectivity index (χ0) is 20.6. The molecule has 1 N–H and O–H groups in total. The molecule has 4 rings (SSSR count). The van der Waals surface area contributed by atoms with E-state index >= 15 is 0 Å². The van der Waals surface area contributed by atoms with E-state index in [0.29, 0.717) is 22.2 Å². The van der Waals surface area contributed by atoms with Gasteiger partial charge in [0.05, 0.1) is 18.5 Å². The maximum atomic E-state index is 12.6. The van der Waals surface area contributed by atoms with Crippen molar-refractivity contribution >= 4 is 33.2 Å². The number of amides is 1. The van der Waals surface area contributed by atoms with Crippen LogP contribution < -0.4 is 9.62 Å². The summed E-state index contributed by atoms with van der Waals surface area (Å²) in [5.41, 5.74) is 1.77. The van der Waals surface area contributed by atoms with Crippen LogP contribution in [0, 0.1) is 11.8 Å². The monoisotopic (exact) mass is 432 g/mol. The minimum atomic E-state index is -3.52. The molecule has 0 aromatic heterocycles. The first-order chi connectivity index (χ1) is 13.8. The summed E-state index contributed by atoms with van der Waals surface area (Å²) in [4.78, 5) is 12.6. The second-order valence-corrected chi connectivity index (χ2v) is 10.5. The number of benzene rings is 2. The number of sulfonamides is 1. The minimum Gasteiger partial charge on any atom is -0.349 e. The standard InChI is InChI=1S/C22H25ClN2O3S/c1-29(27,28)25(14-18-4-2-3-5-20(18)23)19-10-8-16(9-11-19)22(26)24-21-13-15-6-7-17(21)12-15/h2-5,8-11,15,17,21H,6-7,12-14H2,1H3,(H,24,26)/t15-,17-,21-/m1/s1. The molecule has 2 aromatic carbocycles. The Morgan fingerprint density at radius 3 is 2.41 bits per heavy atom. The quantitative estimate of drug-likeness (QED) is 0.742. The lowest BCUT2D eigenvalue weighted by Gasteiger charge is -2.24. The fraction of sp³-hybridized carbons (Fsp3) is 0.409. The molecule has 1 amide bonds. The van der Waals surface area contributed by atoms with Gasteiger partial charge in [-0.25, -0.2) is 8.42 Å². The third kappa shape index (κ3) is 4.43. The van der Waals surface area contributed by atoms with Gasteiger partial charge < -0.3 is 5.32 Å². The Kier molecular flexibility index (Phi) is 5.58. The number of nitrogens with one attached hydrogen (secondary N) is 1. The fourth-order valence-electron chi connectivity index (χ4n) is 4.63. The Morgan fingerprint density at radius 2 is 1.83 bits per heavy atom. The van der Waals surface area contributed by atoms with Crippen molar-refractivity contribution in [1.82, 2.24) is 5.32 Å². The van der Waals surface area contributed by atoms with Crippen molar-refractivity contribution in [1.29, 1.82) is 0 Å². The van der Waals surface area contributed by atoms with Crippen LogP contribution in [0.2, 0.25) is 5.02 Å². The third-order valence-electron chi connectivity index (χ3n) is 6.14. The SMILES string of the molecule is CS(=O)(=O)N(Cc1ccccc1Cl)c1ccc(C(=O)N[C@@H]2C[C@@H]3CC[C@@H]2C3)cc1. The molecule has 29 heavy (non-hydrogen) atoms. The van der Waals surface area contributed by atoms with Crippen LogP contribution in [0.3, 0.4) is 0 Å². The highest BCUT2D eigenvalue weighted by molar-refractivity contribution is 7.92. The van der Waals surface area contributed by atoms with Crippen molar-refractivity contribution < 1.29 is 13.2 Å². The molecular formula is C22H25ClN2O3S. The van der Waals surface area contributed by atoms with Crippen LogP contribution >= 0.6 is 11.6 Å². The van der Waals surface area contributed by atoms with E-state index in [1.165, 1.54) is 29.8 Å². The number of carbonyl (C=O) groups excluding carboxylic acids is 1. The lowest BCUT2D eigenvalue weighted by molar-refractivity contribution is 0.0923. The van der Waals surface area contributed by atoms with E-state index in [0.717, 1.165) is 17.9 Å². The van der Waals surface area contributed by atoms with Crippen molar-refractivity contribution in [2.24, 2.45) is 11.8 Å². The van der Waals surface area contributed by atoms with Crippen LogP contribution in [0.5, 0.6) is 0 Å². The van der Waals surface area contributed by atoms with Crippen LogP contribution in [0.15, 0.2) is 48.5 Å². The van der Waals surface area contributed by atoms with Crippen LogP contribution in [-0.4, -0.2) is 26.6 Å². The van der Waals surface area contributed by atoms with E-state index in [1.807, 2.05) is 6.07 Å². The summed E-state index contributed by atoms with van der Waals surface area (Å²) in [5.74, 6) is 1.28. The smallest absolute Gasteiger partial charge is 0.251 e. The number of fused-ring (bicyclic) bond motifs is 2. The average molecular weight is 433 g/mol. The number of hydrogen-bond acceptors (Lipinski definition) is 3. The summed E-state index contributed by atoms with van der Waals surface area (Å²) in [5, 5.41) is 3.68. The van der Waals surface area contributed by atoms with Crippen molar-refractivity contribution in [2.45, 2.75) is 38.3 Å². The molecule has 2 fully saturated rings. The summed E-state index contributed by atoms with van der Waals surface area (Å²) >= 11 is 6.21. The van der Waals surface area contributed by atoms with Gasteiger partial charge in [-0.05, 0) is 67.0 Å². The minimum absolute atomic E-state index is 0.0916. The van der Waals surface area contributed by atoms with Crippen LogP contribution in [0.25, 0.3) is 0 Å². The lowest BCUT2D eigenvalue weighted by atomic mass is 9.95. The molecule has 2 saturated carbocycles. The normalized spacial score (nSPS) is 23.2. The molecule has 0 heterocycles. The van der Waals surface area contributed by atoms with Gasteiger partial charge in [0.25, 0.3) is 5.91 Å². The Labute approximate surface area is 177 Å². The van der Waals surface area contributed by atoms with Gasteiger partial charge in [-0.2, -0.15) is 0 Å². The first-order valence-corrected chi connectivity index (χ1v) is 12.2. The van der Waals surface area contributed by atoms with Gasteiger partial charge in [0.15, 0.2) is 0 Å². The molecule has 2 aliphatic carbocycles. The Morgan fingerprint density at radius 1 is 1.10 bits per heavy atom.